The van der Waals surface area contributed by atoms with E-state index in [0.717, 1.165) is 22.8 Å². The average molecular weight is 562 g/mol. The molecule has 0 spiro atoms. The Kier molecular flexibility index (Phi) is 9.02. The standard InChI is InChI=1S/C39H51N3/c1-24(2)27-20-33(25(3)4)37(34(21-27)26(5)6)29-17-28(35-22-30(13-15-40-35)38(7,8)9)18-32(19-29)42-36-23-31(14-16-41-36)39(10,11)12/h13-26H,1-12H3,(H,41,42). The smallest absolute Gasteiger partial charge is 0.130 e. The van der Waals surface area contributed by atoms with Gasteiger partial charge in [0, 0.05) is 23.6 Å². The molecule has 2 heterocycles. The zero-order chi connectivity index (χ0) is 31.0. The van der Waals surface area contributed by atoms with Gasteiger partial charge in [-0.25, -0.2) is 4.98 Å². The molecule has 0 aliphatic carbocycles. The molecule has 2 aromatic heterocycles. The van der Waals surface area contributed by atoms with E-state index >= 15 is 0 Å². The van der Waals surface area contributed by atoms with E-state index in [4.69, 9.17) is 9.97 Å². The number of benzene rings is 2. The molecule has 1 N–H and O–H groups in total. The van der Waals surface area contributed by atoms with Crippen LogP contribution < -0.4 is 5.32 Å². The highest BCUT2D eigenvalue weighted by molar-refractivity contribution is 5.82. The van der Waals surface area contributed by atoms with E-state index in [2.05, 4.69) is 143 Å². The Labute approximate surface area is 255 Å². The molecule has 0 saturated carbocycles. The Balaban J connectivity index is 1.99. The molecule has 3 heteroatoms. The second-order valence-electron chi connectivity index (χ2n) is 14.8. The summed E-state index contributed by atoms with van der Waals surface area (Å²) in [6.45, 7) is 27.3. The fourth-order valence-corrected chi connectivity index (χ4v) is 5.45. The number of hydrogen-bond acceptors (Lipinski definition) is 3. The van der Waals surface area contributed by atoms with Gasteiger partial charge in [-0.15, -0.1) is 0 Å². The summed E-state index contributed by atoms with van der Waals surface area (Å²) in [5.41, 5.74) is 12.5. The number of anilines is 2. The van der Waals surface area contributed by atoms with E-state index in [9.17, 15) is 0 Å². The van der Waals surface area contributed by atoms with Gasteiger partial charge < -0.3 is 5.32 Å². The Morgan fingerprint density at radius 2 is 1.10 bits per heavy atom. The van der Waals surface area contributed by atoms with E-state index < -0.39 is 0 Å². The van der Waals surface area contributed by atoms with Gasteiger partial charge in [-0.2, -0.15) is 0 Å². The Hall–Kier alpha value is -3.46. The molecule has 222 valence electrons. The number of nitrogens with one attached hydrogen (secondary N) is 1. The topological polar surface area (TPSA) is 37.8 Å². The van der Waals surface area contributed by atoms with Gasteiger partial charge in [0.05, 0.1) is 5.69 Å². The zero-order valence-corrected chi connectivity index (χ0v) is 28.0. The van der Waals surface area contributed by atoms with E-state index in [0.29, 0.717) is 17.8 Å². The van der Waals surface area contributed by atoms with Gasteiger partial charge in [-0.1, -0.05) is 95.2 Å². The number of pyridine rings is 2. The molecule has 0 saturated heterocycles. The summed E-state index contributed by atoms with van der Waals surface area (Å²) in [7, 11) is 0. The van der Waals surface area contributed by atoms with Crippen LogP contribution in [0.5, 0.6) is 0 Å². The molecule has 0 aliphatic rings. The van der Waals surface area contributed by atoms with Crippen molar-refractivity contribution >= 4 is 11.5 Å². The van der Waals surface area contributed by atoms with Crippen molar-refractivity contribution in [3.63, 3.8) is 0 Å². The molecular formula is C39H51N3. The van der Waals surface area contributed by atoms with Crippen molar-refractivity contribution in [1.82, 2.24) is 9.97 Å². The van der Waals surface area contributed by atoms with Crippen molar-refractivity contribution in [2.75, 3.05) is 5.32 Å². The molecule has 0 bridgehead atoms. The van der Waals surface area contributed by atoms with Crippen LogP contribution in [0.25, 0.3) is 22.4 Å². The van der Waals surface area contributed by atoms with Gasteiger partial charge in [0.15, 0.2) is 0 Å². The van der Waals surface area contributed by atoms with Gasteiger partial charge in [0.25, 0.3) is 0 Å². The maximum atomic E-state index is 4.86. The number of rotatable bonds is 7. The monoisotopic (exact) mass is 561 g/mol. The van der Waals surface area contributed by atoms with Crippen LogP contribution in [0.4, 0.5) is 11.5 Å². The summed E-state index contributed by atoms with van der Waals surface area (Å²) >= 11 is 0. The molecule has 3 nitrogen and oxygen atoms in total. The largest absolute Gasteiger partial charge is 0.340 e. The third-order valence-electron chi connectivity index (χ3n) is 8.17. The van der Waals surface area contributed by atoms with Crippen molar-refractivity contribution in [2.45, 2.75) is 112 Å². The third kappa shape index (κ3) is 7.12. The van der Waals surface area contributed by atoms with Gasteiger partial charge in [0.1, 0.15) is 5.82 Å². The predicted octanol–water partition coefficient (Wildman–Crippen LogP) is 11.5. The lowest BCUT2D eigenvalue weighted by atomic mass is 9.81. The molecule has 0 aliphatic heterocycles. The van der Waals surface area contributed by atoms with Crippen LogP contribution in [0.2, 0.25) is 0 Å². The molecule has 0 radical (unpaired) electrons. The summed E-state index contributed by atoms with van der Waals surface area (Å²) in [6, 6.07) is 20.4. The highest BCUT2D eigenvalue weighted by Crippen LogP contribution is 2.41. The van der Waals surface area contributed by atoms with Crippen molar-refractivity contribution in [1.29, 1.82) is 0 Å². The first kappa shape index (κ1) is 31.5. The summed E-state index contributed by atoms with van der Waals surface area (Å²) in [4.78, 5) is 9.56. The van der Waals surface area contributed by atoms with E-state index in [1.807, 2.05) is 12.4 Å². The highest BCUT2D eigenvalue weighted by Gasteiger charge is 2.21. The molecule has 4 aromatic rings. The van der Waals surface area contributed by atoms with Crippen molar-refractivity contribution in [2.24, 2.45) is 0 Å². The van der Waals surface area contributed by atoms with Crippen LogP contribution in [-0.4, -0.2) is 9.97 Å². The zero-order valence-electron chi connectivity index (χ0n) is 28.0. The summed E-state index contributed by atoms with van der Waals surface area (Å²) < 4.78 is 0. The maximum absolute atomic E-state index is 4.86. The molecule has 0 unspecified atom stereocenters. The SMILES string of the molecule is CC(C)c1cc(C(C)C)c(-c2cc(Nc3cc(C(C)(C)C)ccn3)cc(-c3cc(C(C)(C)C)ccn3)c2)c(C(C)C)c1. The minimum absolute atomic E-state index is 0.0377. The van der Waals surface area contributed by atoms with Crippen LogP contribution in [0, 0.1) is 0 Å². The van der Waals surface area contributed by atoms with Crippen LogP contribution >= 0.6 is 0 Å². The first-order valence-electron chi connectivity index (χ1n) is 15.6. The molecular weight excluding hydrogens is 510 g/mol. The first-order chi connectivity index (χ1) is 19.5. The lowest BCUT2D eigenvalue weighted by Crippen LogP contribution is -2.11. The Morgan fingerprint density at radius 1 is 0.571 bits per heavy atom. The quantitative estimate of drug-likeness (QED) is 0.244. The lowest BCUT2D eigenvalue weighted by Gasteiger charge is -2.24. The summed E-state index contributed by atoms with van der Waals surface area (Å²) in [6.07, 6.45) is 3.85. The normalized spacial score (nSPS) is 12.5. The van der Waals surface area contributed by atoms with Crippen molar-refractivity contribution in [3.8, 4) is 22.4 Å². The molecule has 0 amide bonds. The van der Waals surface area contributed by atoms with Gasteiger partial charge in [0.2, 0.25) is 0 Å². The fourth-order valence-electron chi connectivity index (χ4n) is 5.45. The molecule has 4 rings (SSSR count). The predicted molar refractivity (Wildman–Crippen MR) is 182 cm³/mol. The Bertz CT molecular complexity index is 1520. The van der Waals surface area contributed by atoms with Crippen LogP contribution in [0.15, 0.2) is 67.0 Å². The molecule has 0 atom stereocenters. The van der Waals surface area contributed by atoms with Gasteiger partial charge in [-0.05, 0) is 110 Å². The average Bonchev–Trinajstić information content (AvgIpc) is 2.91. The van der Waals surface area contributed by atoms with Gasteiger partial charge >= 0.3 is 0 Å². The number of aromatic nitrogens is 2. The molecule has 0 fully saturated rings. The first-order valence-corrected chi connectivity index (χ1v) is 15.6. The summed E-state index contributed by atoms with van der Waals surface area (Å²) in [5, 5.41) is 3.67. The van der Waals surface area contributed by atoms with E-state index in [1.54, 1.807) is 0 Å². The van der Waals surface area contributed by atoms with E-state index in [1.165, 1.54) is 38.9 Å². The summed E-state index contributed by atoms with van der Waals surface area (Å²) in [5.74, 6) is 2.11. The molecule has 42 heavy (non-hydrogen) atoms. The van der Waals surface area contributed by atoms with Crippen molar-refractivity contribution in [3.05, 3.63) is 94.8 Å². The minimum Gasteiger partial charge on any atom is -0.340 e. The van der Waals surface area contributed by atoms with Gasteiger partial charge in [-0.3, -0.25) is 4.98 Å². The Morgan fingerprint density at radius 3 is 1.62 bits per heavy atom. The van der Waals surface area contributed by atoms with Crippen molar-refractivity contribution < 1.29 is 0 Å². The molecule has 2 aromatic carbocycles. The van der Waals surface area contributed by atoms with E-state index in [-0.39, 0.29) is 10.8 Å². The third-order valence-corrected chi connectivity index (χ3v) is 8.17. The van der Waals surface area contributed by atoms with Crippen LogP contribution in [0.3, 0.4) is 0 Å². The second-order valence-corrected chi connectivity index (χ2v) is 14.8. The second kappa shape index (κ2) is 12.0. The fraction of sp³-hybridized carbons (Fsp3) is 0.436. The maximum Gasteiger partial charge on any atom is 0.130 e. The number of hydrogen-bond donors (Lipinski definition) is 1. The minimum atomic E-state index is 0.0377. The van der Waals surface area contributed by atoms with Crippen LogP contribution in [0.1, 0.15) is 129 Å². The number of nitrogens with zero attached hydrogens (tertiary/aromatic N) is 2. The van der Waals surface area contributed by atoms with Crippen LogP contribution in [-0.2, 0) is 10.8 Å². The lowest BCUT2D eigenvalue weighted by molar-refractivity contribution is 0.589. The highest BCUT2D eigenvalue weighted by atomic mass is 15.0.